The molecule has 0 saturated heterocycles. The molecule has 4 N–H and O–H groups in total. The smallest absolute Gasteiger partial charge is 0.257 e. The van der Waals surface area contributed by atoms with Crippen LogP contribution in [0.2, 0.25) is 0 Å². The van der Waals surface area contributed by atoms with Gasteiger partial charge in [0.05, 0.1) is 5.56 Å². The van der Waals surface area contributed by atoms with E-state index in [9.17, 15) is 20.1 Å². The summed E-state index contributed by atoms with van der Waals surface area (Å²) in [6, 6.07) is 13.3. The molecule has 0 aliphatic carbocycles. The second-order valence-corrected chi connectivity index (χ2v) is 4.71. The molecule has 0 radical (unpaired) electrons. The highest BCUT2D eigenvalue weighted by Crippen LogP contribution is 2.21. The fourth-order valence-corrected chi connectivity index (χ4v) is 1.96. The van der Waals surface area contributed by atoms with Gasteiger partial charge in [0.1, 0.15) is 17.7 Å². The van der Waals surface area contributed by atoms with Crippen LogP contribution in [0.25, 0.3) is 0 Å². The summed E-state index contributed by atoms with van der Waals surface area (Å²) < 4.78 is 0. The number of aryl methyl sites for hydroxylation is 1. The number of carbonyl (C=O) groups is 1. The first-order chi connectivity index (χ1) is 10.1. The fraction of sp³-hybridized carbons (Fsp3) is 0.188. The summed E-state index contributed by atoms with van der Waals surface area (Å²) in [4.78, 5) is 11.9. The van der Waals surface area contributed by atoms with Gasteiger partial charge in [0, 0.05) is 0 Å². The molecule has 0 aliphatic heterocycles. The van der Waals surface area contributed by atoms with Gasteiger partial charge >= 0.3 is 0 Å². The Hall–Kier alpha value is -2.53. The molecule has 5 nitrogen and oxygen atoms in total. The van der Waals surface area contributed by atoms with Crippen molar-refractivity contribution in [3.8, 4) is 11.5 Å². The van der Waals surface area contributed by atoms with E-state index in [1.54, 1.807) is 0 Å². The second-order valence-electron chi connectivity index (χ2n) is 4.71. The highest BCUT2D eigenvalue weighted by molar-refractivity contribution is 5.97. The van der Waals surface area contributed by atoms with Gasteiger partial charge in [0.2, 0.25) is 0 Å². The van der Waals surface area contributed by atoms with Gasteiger partial charge in [0.25, 0.3) is 5.91 Å². The molecule has 0 spiro atoms. The van der Waals surface area contributed by atoms with Crippen LogP contribution in [-0.2, 0) is 6.42 Å². The van der Waals surface area contributed by atoms with E-state index in [-0.39, 0.29) is 17.1 Å². The number of benzene rings is 2. The molecule has 110 valence electrons. The number of amides is 1. The van der Waals surface area contributed by atoms with Gasteiger partial charge in [-0.2, -0.15) is 0 Å². The zero-order chi connectivity index (χ0) is 15.2. The van der Waals surface area contributed by atoms with Crippen molar-refractivity contribution in [2.45, 2.75) is 19.1 Å². The number of aromatic hydroxyl groups is 2. The maximum atomic E-state index is 11.9. The number of phenolic OH excluding ortho intramolecular Hbond substituents is 2. The molecule has 0 aliphatic rings. The average molecular weight is 287 g/mol. The highest BCUT2D eigenvalue weighted by Gasteiger charge is 2.15. The Balaban J connectivity index is 1.91. The van der Waals surface area contributed by atoms with Crippen molar-refractivity contribution in [2.75, 3.05) is 0 Å². The molecule has 1 atom stereocenters. The molecule has 0 saturated carbocycles. The van der Waals surface area contributed by atoms with Gasteiger partial charge in [-0.25, -0.2) is 0 Å². The average Bonchev–Trinajstić information content (AvgIpc) is 2.48. The Kier molecular flexibility index (Phi) is 4.79. The largest absolute Gasteiger partial charge is 0.508 e. The summed E-state index contributed by atoms with van der Waals surface area (Å²) in [6.45, 7) is 0. The van der Waals surface area contributed by atoms with Crippen molar-refractivity contribution >= 4 is 5.91 Å². The maximum Gasteiger partial charge on any atom is 0.257 e. The minimum absolute atomic E-state index is 0.0752. The number of phenols is 2. The lowest BCUT2D eigenvalue weighted by Crippen LogP contribution is -2.35. The number of hydrogen-bond acceptors (Lipinski definition) is 4. The molecule has 2 aromatic carbocycles. The van der Waals surface area contributed by atoms with Crippen LogP contribution in [0.3, 0.4) is 0 Å². The van der Waals surface area contributed by atoms with Crippen LogP contribution in [0.1, 0.15) is 22.3 Å². The minimum atomic E-state index is -1.03. The van der Waals surface area contributed by atoms with Crippen LogP contribution in [0.4, 0.5) is 0 Å². The van der Waals surface area contributed by atoms with Gasteiger partial charge in [-0.1, -0.05) is 30.3 Å². The van der Waals surface area contributed by atoms with Crippen molar-refractivity contribution in [1.82, 2.24) is 5.32 Å². The Morgan fingerprint density at radius 1 is 1.10 bits per heavy atom. The van der Waals surface area contributed by atoms with Crippen LogP contribution in [0, 0.1) is 0 Å². The Labute approximate surface area is 122 Å². The van der Waals surface area contributed by atoms with Gasteiger partial charge in [0.15, 0.2) is 0 Å². The Bertz CT molecular complexity index is 613. The van der Waals surface area contributed by atoms with Crippen LogP contribution >= 0.6 is 0 Å². The molecule has 0 unspecified atom stereocenters. The molecular weight excluding hydrogens is 270 g/mol. The summed E-state index contributed by atoms with van der Waals surface area (Å²) >= 11 is 0. The Morgan fingerprint density at radius 2 is 1.81 bits per heavy atom. The van der Waals surface area contributed by atoms with Crippen LogP contribution in [0.15, 0.2) is 48.5 Å². The molecule has 0 fully saturated rings. The molecular formula is C16H17NO4. The van der Waals surface area contributed by atoms with Crippen molar-refractivity contribution in [1.29, 1.82) is 0 Å². The zero-order valence-corrected chi connectivity index (χ0v) is 11.4. The van der Waals surface area contributed by atoms with Crippen molar-refractivity contribution in [3.63, 3.8) is 0 Å². The first-order valence-electron chi connectivity index (χ1n) is 6.61. The predicted octanol–water partition coefficient (Wildman–Crippen LogP) is 1.78. The molecule has 0 aromatic heterocycles. The normalized spacial score (nSPS) is 11.9. The number of hydrogen-bond donors (Lipinski definition) is 4. The topological polar surface area (TPSA) is 89.8 Å². The molecule has 1 amide bonds. The monoisotopic (exact) mass is 287 g/mol. The third-order valence-electron chi connectivity index (χ3n) is 3.07. The molecule has 2 rings (SSSR count). The summed E-state index contributed by atoms with van der Waals surface area (Å²) in [5.74, 6) is -1.01. The van der Waals surface area contributed by atoms with E-state index < -0.39 is 12.1 Å². The lowest BCUT2D eigenvalue weighted by Gasteiger charge is -2.13. The first kappa shape index (κ1) is 14.9. The maximum absolute atomic E-state index is 11.9. The van der Waals surface area contributed by atoms with Crippen molar-refractivity contribution < 1.29 is 20.1 Å². The highest BCUT2D eigenvalue weighted by atomic mass is 16.3. The number of nitrogens with one attached hydrogen (secondary N) is 1. The number of carbonyl (C=O) groups excluding carboxylic acids is 1. The Morgan fingerprint density at radius 3 is 2.52 bits per heavy atom. The van der Waals surface area contributed by atoms with Crippen molar-refractivity contribution in [2.24, 2.45) is 0 Å². The fourth-order valence-electron chi connectivity index (χ4n) is 1.96. The summed E-state index contributed by atoms with van der Waals surface area (Å²) in [6.07, 6.45) is -0.0524. The lowest BCUT2D eigenvalue weighted by molar-refractivity contribution is 0.0763. The third-order valence-corrected chi connectivity index (χ3v) is 3.07. The molecule has 5 heteroatoms. The minimum Gasteiger partial charge on any atom is -0.508 e. The van der Waals surface area contributed by atoms with E-state index in [1.807, 2.05) is 30.3 Å². The van der Waals surface area contributed by atoms with Gasteiger partial charge in [-0.3, -0.25) is 4.79 Å². The van der Waals surface area contributed by atoms with Gasteiger partial charge in [-0.05, 0) is 36.6 Å². The summed E-state index contributed by atoms with van der Waals surface area (Å²) in [5.41, 5.74) is 0.986. The van der Waals surface area contributed by atoms with Crippen molar-refractivity contribution in [3.05, 3.63) is 59.7 Å². The predicted molar refractivity (Wildman–Crippen MR) is 78.0 cm³/mol. The van der Waals surface area contributed by atoms with Crippen LogP contribution < -0.4 is 5.32 Å². The summed E-state index contributed by atoms with van der Waals surface area (Å²) in [7, 11) is 0. The van der Waals surface area contributed by atoms with Crippen LogP contribution in [0.5, 0.6) is 11.5 Å². The van der Waals surface area contributed by atoms with E-state index >= 15 is 0 Å². The summed E-state index contributed by atoms with van der Waals surface area (Å²) in [5, 5.41) is 31.1. The van der Waals surface area contributed by atoms with Gasteiger partial charge in [-0.15, -0.1) is 0 Å². The molecule has 0 heterocycles. The van der Waals surface area contributed by atoms with E-state index in [0.717, 1.165) is 11.6 Å². The third kappa shape index (κ3) is 4.22. The molecule has 2 aromatic rings. The second kappa shape index (κ2) is 6.76. The standard InChI is InChI=1S/C16H17NO4/c18-12-7-8-14(19)13(10-12)16(21)17-15(20)9-6-11-4-2-1-3-5-11/h1-5,7-8,10,15,18-20H,6,9H2,(H,17,21)/t15-/m0/s1. The number of aliphatic hydroxyl groups is 1. The van der Waals surface area contributed by atoms with Crippen LogP contribution in [-0.4, -0.2) is 27.5 Å². The SMILES string of the molecule is O=C(N[C@@H](O)CCc1ccccc1)c1cc(O)ccc1O. The van der Waals surface area contributed by atoms with E-state index in [1.165, 1.54) is 12.1 Å². The first-order valence-corrected chi connectivity index (χ1v) is 6.61. The molecule has 0 bridgehead atoms. The number of aliphatic hydroxyl groups excluding tert-OH is 1. The lowest BCUT2D eigenvalue weighted by atomic mass is 10.1. The van der Waals surface area contributed by atoms with E-state index in [0.29, 0.717) is 12.8 Å². The van der Waals surface area contributed by atoms with Gasteiger partial charge < -0.3 is 20.6 Å². The molecule has 21 heavy (non-hydrogen) atoms. The quantitative estimate of drug-likeness (QED) is 0.498. The van der Waals surface area contributed by atoms with E-state index in [4.69, 9.17) is 0 Å². The van der Waals surface area contributed by atoms with E-state index in [2.05, 4.69) is 5.32 Å². The number of rotatable bonds is 5. The zero-order valence-electron chi connectivity index (χ0n) is 11.4.